The zero-order valence-corrected chi connectivity index (χ0v) is 16.3. The van der Waals surface area contributed by atoms with E-state index in [0.717, 1.165) is 5.56 Å². The van der Waals surface area contributed by atoms with Crippen molar-refractivity contribution in [1.29, 1.82) is 0 Å². The molecule has 31 heavy (non-hydrogen) atoms. The number of nitrogens with one attached hydrogen (secondary N) is 1. The van der Waals surface area contributed by atoms with Crippen LogP contribution in [0.1, 0.15) is 15.9 Å². The third kappa shape index (κ3) is 4.76. The summed E-state index contributed by atoms with van der Waals surface area (Å²) in [6.07, 6.45) is 4.59. The van der Waals surface area contributed by atoms with E-state index in [1.807, 2.05) is 30.3 Å². The second-order valence-electron chi connectivity index (χ2n) is 6.68. The van der Waals surface area contributed by atoms with E-state index in [1.54, 1.807) is 30.5 Å². The number of nitro groups is 1. The Morgan fingerprint density at radius 1 is 1.06 bits per heavy atom. The second-order valence-corrected chi connectivity index (χ2v) is 6.68. The van der Waals surface area contributed by atoms with Crippen LogP contribution < -0.4 is 10.1 Å². The average molecular weight is 414 g/mol. The molecule has 1 heterocycles. The third-order valence-electron chi connectivity index (χ3n) is 4.58. The minimum absolute atomic E-state index is 0.181. The highest BCUT2D eigenvalue weighted by molar-refractivity contribution is 6.04. The summed E-state index contributed by atoms with van der Waals surface area (Å²) in [4.78, 5) is 27.5. The molecule has 1 amide bonds. The van der Waals surface area contributed by atoms with E-state index in [0.29, 0.717) is 23.7 Å². The van der Waals surface area contributed by atoms with Crippen LogP contribution in [0.15, 0.2) is 91.5 Å². The summed E-state index contributed by atoms with van der Waals surface area (Å²) < 4.78 is 7.25. The molecule has 154 valence electrons. The summed E-state index contributed by atoms with van der Waals surface area (Å²) in [5.74, 6) is 0.223. The molecule has 0 radical (unpaired) electrons. The fraction of sp³-hybridized carbons (Fsp3) is 0.0435. The molecule has 4 aromatic rings. The molecule has 0 bridgehead atoms. The normalized spacial score (nSPS) is 10.5. The van der Waals surface area contributed by atoms with Crippen molar-refractivity contribution in [1.82, 2.24) is 9.55 Å². The molecule has 0 fully saturated rings. The van der Waals surface area contributed by atoms with Crippen LogP contribution in [0.5, 0.6) is 5.75 Å². The van der Waals surface area contributed by atoms with Crippen LogP contribution in [-0.4, -0.2) is 20.4 Å². The molecule has 1 aromatic heterocycles. The van der Waals surface area contributed by atoms with E-state index in [4.69, 9.17) is 4.74 Å². The number of nitrogens with zero attached hydrogens (tertiary/aromatic N) is 3. The lowest BCUT2D eigenvalue weighted by Crippen LogP contribution is -2.12. The fourth-order valence-corrected chi connectivity index (χ4v) is 3.01. The Labute approximate surface area is 177 Å². The van der Waals surface area contributed by atoms with Crippen molar-refractivity contribution in [3.05, 3.63) is 113 Å². The summed E-state index contributed by atoms with van der Waals surface area (Å²) >= 11 is 0. The van der Waals surface area contributed by atoms with E-state index in [1.165, 1.54) is 35.3 Å². The van der Waals surface area contributed by atoms with Crippen molar-refractivity contribution < 1.29 is 14.5 Å². The topological polar surface area (TPSA) is 99.3 Å². The van der Waals surface area contributed by atoms with E-state index < -0.39 is 10.8 Å². The maximum absolute atomic E-state index is 12.6. The molecule has 0 saturated carbocycles. The number of hydrogen-bond donors (Lipinski definition) is 1. The van der Waals surface area contributed by atoms with Gasteiger partial charge >= 0.3 is 0 Å². The van der Waals surface area contributed by atoms with Crippen molar-refractivity contribution in [2.24, 2.45) is 0 Å². The lowest BCUT2D eigenvalue weighted by molar-refractivity contribution is -0.384. The van der Waals surface area contributed by atoms with E-state index in [9.17, 15) is 14.9 Å². The van der Waals surface area contributed by atoms with Crippen LogP contribution in [0.2, 0.25) is 0 Å². The number of anilines is 1. The molecule has 8 heteroatoms. The van der Waals surface area contributed by atoms with Gasteiger partial charge in [-0.3, -0.25) is 14.9 Å². The maximum atomic E-state index is 12.6. The number of ether oxygens (including phenoxy) is 1. The standard InChI is InChI=1S/C23H18N4O4/c28-23(18-6-11-21(22(14-18)27(29)30)26-13-12-24-16-26)25-19-7-9-20(10-8-19)31-15-17-4-2-1-3-5-17/h1-14,16H,15H2,(H,25,28). The molecule has 3 aromatic carbocycles. The average Bonchev–Trinajstić information content (AvgIpc) is 3.34. The quantitative estimate of drug-likeness (QED) is 0.352. The van der Waals surface area contributed by atoms with Gasteiger partial charge < -0.3 is 14.6 Å². The van der Waals surface area contributed by atoms with Gasteiger partial charge in [0, 0.05) is 29.7 Å². The van der Waals surface area contributed by atoms with Gasteiger partial charge in [0.2, 0.25) is 0 Å². The van der Waals surface area contributed by atoms with Crippen molar-refractivity contribution in [3.63, 3.8) is 0 Å². The Hall–Kier alpha value is -4.46. The maximum Gasteiger partial charge on any atom is 0.294 e. The highest BCUT2D eigenvalue weighted by Gasteiger charge is 2.19. The summed E-state index contributed by atoms with van der Waals surface area (Å²) in [7, 11) is 0. The zero-order chi connectivity index (χ0) is 21.6. The molecule has 0 atom stereocenters. The number of amides is 1. The van der Waals surface area contributed by atoms with Crippen LogP contribution in [0.25, 0.3) is 5.69 Å². The Balaban J connectivity index is 1.44. The smallest absolute Gasteiger partial charge is 0.294 e. The third-order valence-corrected chi connectivity index (χ3v) is 4.58. The van der Waals surface area contributed by atoms with Gasteiger partial charge in [0.05, 0.1) is 11.3 Å². The molecule has 4 rings (SSSR count). The molecule has 0 aliphatic heterocycles. The van der Waals surface area contributed by atoms with Crippen LogP contribution in [0.4, 0.5) is 11.4 Å². The SMILES string of the molecule is O=C(Nc1ccc(OCc2ccccc2)cc1)c1ccc(-n2ccnc2)c([N+](=O)[O-])c1. The van der Waals surface area contributed by atoms with Gasteiger partial charge in [-0.15, -0.1) is 0 Å². The summed E-state index contributed by atoms with van der Waals surface area (Å²) in [5.41, 5.74) is 1.94. The van der Waals surface area contributed by atoms with Crippen LogP contribution in [0.3, 0.4) is 0 Å². The highest BCUT2D eigenvalue weighted by Crippen LogP contribution is 2.25. The first-order valence-electron chi connectivity index (χ1n) is 9.45. The van der Waals surface area contributed by atoms with Crippen LogP contribution in [-0.2, 0) is 6.61 Å². The van der Waals surface area contributed by atoms with E-state index in [2.05, 4.69) is 10.3 Å². The Bertz CT molecular complexity index is 1190. The van der Waals surface area contributed by atoms with Gasteiger partial charge in [-0.2, -0.15) is 0 Å². The van der Waals surface area contributed by atoms with Gasteiger partial charge in [0.1, 0.15) is 18.0 Å². The molecule has 0 aliphatic carbocycles. The molecule has 8 nitrogen and oxygen atoms in total. The molecular formula is C23H18N4O4. The van der Waals surface area contributed by atoms with E-state index >= 15 is 0 Å². The monoisotopic (exact) mass is 414 g/mol. The minimum atomic E-state index is -0.523. The molecule has 0 saturated heterocycles. The van der Waals surface area contributed by atoms with Crippen molar-refractivity contribution in [2.75, 3.05) is 5.32 Å². The van der Waals surface area contributed by atoms with Gasteiger partial charge in [-0.1, -0.05) is 30.3 Å². The number of rotatable bonds is 7. The van der Waals surface area contributed by atoms with Crippen molar-refractivity contribution in [2.45, 2.75) is 6.61 Å². The number of carbonyl (C=O) groups is 1. The number of carbonyl (C=O) groups excluding carboxylic acids is 1. The van der Waals surface area contributed by atoms with Gasteiger partial charge in [0.15, 0.2) is 0 Å². The summed E-state index contributed by atoms with van der Waals surface area (Å²) in [6, 6.07) is 21.0. The van der Waals surface area contributed by atoms with Crippen molar-refractivity contribution in [3.8, 4) is 11.4 Å². The zero-order valence-electron chi connectivity index (χ0n) is 16.3. The Morgan fingerprint density at radius 3 is 2.52 bits per heavy atom. The second kappa shape index (κ2) is 8.91. The first-order valence-corrected chi connectivity index (χ1v) is 9.45. The molecule has 0 aliphatic rings. The lowest BCUT2D eigenvalue weighted by Gasteiger charge is -2.09. The predicted molar refractivity (Wildman–Crippen MR) is 115 cm³/mol. The van der Waals surface area contributed by atoms with Gasteiger partial charge in [-0.25, -0.2) is 4.98 Å². The molecular weight excluding hydrogens is 396 g/mol. The number of nitro benzene ring substituents is 1. The first kappa shape index (κ1) is 19.8. The molecule has 0 spiro atoms. The fourth-order valence-electron chi connectivity index (χ4n) is 3.01. The van der Waals surface area contributed by atoms with Gasteiger partial charge in [0.25, 0.3) is 11.6 Å². The Morgan fingerprint density at radius 2 is 1.84 bits per heavy atom. The lowest BCUT2D eigenvalue weighted by atomic mass is 10.1. The molecule has 1 N–H and O–H groups in total. The first-order chi connectivity index (χ1) is 15.1. The largest absolute Gasteiger partial charge is 0.489 e. The van der Waals surface area contributed by atoms with Crippen LogP contribution >= 0.6 is 0 Å². The predicted octanol–water partition coefficient (Wildman–Crippen LogP) is 4.61. The molecule has 0 unspecified atom stereocenters. The highest BCUT2D eigenvalue weighted by atomic mass is 16.6. The van der Waals surface area contributed by atoms with E-state index in [-0.39, 0.29) is 11.3 Å². The van der Waals surface area contributed by atoms with Gasteiger partial charge in [-0.05, 0) is 42.0 Å². The summed E-state index contributed by atoms with van der Waals surface area (Å²) in [5, 5.41) is 14.2. The number of benzene rings is 3. The number of aromatic nitrogens is 2. The summed E-state index contributed by atoms with van der Waals surface area (Å²) in [6.45, 7) is 0.444. The number of imidazole rings is 1. The minimum Gasteiger partial charge on any atom is -0.489 e. The van der Waals surface area contributed by atoms with Crippen LogP contribution in [0, 0.1) is 10.1 Å². The Kier molecular flexibility index (Phi) is 5.70. The van der Waals surface area contributed by atoms with Crippen molar-refractivity contribution >= 4 is 17.3 Å². The number of hydrogen-bond acceptors (Lipinski definition) is 5.